The van der Waals surface area contributed by atoms with Crippen LogP contribution in [0, 0.1) is 5.92 Å². The van der Waals surface area contributed by atoms with Crippen molar-refractivity contribution in [3.8, 4) is 5.75 Å². The molecule has 1 aromatic rings. The third-order valence-electron chi connectivity index (χ3n) is 3.56. The maximum Gasteiger partial charge on any atom is 0.115 e. The maximum absolute atomic E-state index is 9.41. The van der Waals surface area contributed by atoms with E-state index >= 15 is 0 Å². The van der Waals surface area contributed by atoms with Gasteiger partial charge in [0, 0.05) is 32.2 Å². The number of hydrogen-bond donors (Lipinski definition) is 2. The summed E-state index contributed by atoms with van der Waals surface area (Å²) >= 11 is 0. The molecule has 0 spiro atoms. The van der Waals surface area contributed by atoms with E-state index in [2.05, 4.69) is 36.2 Å². The van der Waals surface area contributed by atoms with E-state index in [0.717, 1.165) is 26.2 Å². The van der Waals surface area contributed by atoms with Crippen molar-refractivity contribution in [2.45, 2.75) is 26.3 Å². The number of hydrogen-bond acceptors (Lipinski definition) is 3. The molecule has 5 heteroatoms. The van der Waals surface area contributed by atoms with Crippen LogP contribution in [0.3, 0.4) is 0 Å². The lowest BCUT2D eigenvalue weighted by atomic mass is 9.95. The van der Waals surface area contributed by atoms with Crippen LogP contribution >= 0.6 is 24.8 Å². The third-order valence-corrected chi connectivity index (χ3v) is 3.56. The van der Waals surface area contributed by atoms with Gasteiger partial charge in [-0.15, -0.1) is 24.8 Å². The van der Waals surface area contributed by atoms with E-state index < -0.39 is 0 Å². The minimum absolute atomic E-state index is 0. The Labute approximate surface area is 134 Å². The molecule has 1 aliphatic rings. The Bertz CT molecular complexity index is 365. The summed E-state index contributed by atoms with van der Waals surface area (Å²) in [5.41, 5.74) is 1.32. The second-order valence-corrected chi connectivity index (χ2v) is 5.52. The Morgan fingerprint density at radius 3 is 2.15 bits per heavy atom. The van der Waals surface area contributed by atoms with E-state index in [1.807, 2.05) is 0 Å². The molecule has 0 saturated carbocycles. The lowest BCUT2D eigenvalue weighted by molar-refractivity contribution is 0.154. The first-order chi connectivity index (χ1) is 8.66. The molecule has 1 aromatic carbocycles. The van der Waals surface area contributed by atoms with Gasteiger partial charge in [-0.25, -0.2) is 0 Å². The largest absolute Gasteiger partial charge is 0.508 e. The highest BCUT2D eigenvalue weighted by atomic mass is 35.5. The minimum Gasteiger partial charge on any atom is -0.508 e. The van der Waals surface area contributed by atoms with Gasteiger partial charge in [0.05, 0.1) is 0 Å². The number of nitrogens with zero attached hydrogens (tertiary/aromatic N) is 1. The molecule has 0 aromatic heterocycles. The van der Waals surface area contributed by atoms with Gasteiger partial charge in [-0.1, -0.05) is 26.0 Å². The molecule has 116 valence electrons. The Kier molecular flexibility index (Phi) is 9.23. The predicted molar refractivity (Wildman–Crippen MR) is 89.2 cm³/mol. The Morgan fingerprint density at radius 2 is 1.65 bits per heavy atom. The van der Waals surface area contributed by atoms with Crippen LogP contribution < -0.4 is 5.32 Å². The topological polar surface area (TPSA) is 35.5 Å². The fraction of sp³-hybridized carbons (Fsp3) is 0.600. The van der Waals surface area contributed by atoms with E-state index in [-0.39, 0.29) is 24.8 Å². The van der Waals surface area contributed by atoms with Gasteiger partial charge in [-0.3, -0.25) is 4.90 Å². The molecule has 3 nitrogen and oxygen atoms in total. The monoisotopic (exact) mass is 320 g/mol. The Balaban J connectivity index is 0.00000180. The molecular weight excluding hydrogens is 295 g/mol. The van der Waals surface area contributed by atoms with Crippen LogP contribution in [0.15, 0.2) is 24.3 Å². The van der Waals surface area contributed by atoms with Gasteiger partial charge in [0.25, 0.3) is 0 Å². The lowest BCUT2D eigenvalue weighted by Gasteiger charge is -2.36. The summed E-state index contributed by atoms with van der Waals surface area (Å²) in [6.07, 6.45) is 1.17. The number of benzene rings is 1. The van der Waals surface area contributed by atoms with Crippen LogP contribution in [0.1, 0.15) is 31.9 Å². The molecule has 1 aliphatic heterocycles. The van der Waals surface area contributed by atoms with Gasteiger partial charge in [0.15, 0.2) is 0 Å². The highest BCUT2D eigenvalue weighted by molar-refractivity contribution is 5.85. The van der Waals surface area contributed by atoms with E-state index in [1.165, 1.54) is 12.0 Å². The second kappa shape index (κ2) is 9.46. The number of phenolic OH excluding ortho intramolecular Hbond substituents is 1. The van der Waals surface area contributed by atoms with Crippen LogP contribution in [0.5, 0.6) is 5.75 Å². The molecule has 2 rings (SSSR count). The van der Waals surface area contributed by atoms with Crippen molar-refractivity contribution < 1.29 is 5.11 Å². The summed E-state index contributed by atoms with van der Waals surface area (Å²) in [5, 5.41) is 12.8. The first-order valence-corrected chi connectivity index (χ1v) is 6.90. The van der Waals surface area contributed by atoms with Crippen LogP contribution in [-0.4, -0.2) is 36.2 Å². The normalized spacial score (nSPS) is 17.1. The van der Waals surface area contributed by atoms with E-state index in [9.17, 15) is 5.11 Å². The molecule has 0 bridgehead atoms. The number of halogens is 2. The third kappa shape index (κ3) is 5.49. The Morgan fingerprint density at radius 1 is 1.10 bits per heavy atom. The molecule has 20 heavy (non-hydrogen) atoms. The fourth-order valence-corrected chi connectivity index (χ4v) is 2.63. The summed E-state index contributed by atoms with van der Waals surface area (Å²) in [4.78, 5) is 2.56. The van der Waals surface area contributed by atoms with Gasteiger partial charge in [-0.05, 0) is 30.0 Å². The highest BCUT2D eigenvalue weighted by Gasteiger charge is 2.22. The van der Waals surface area contributed by atoms with E-state index in [0.29, 0.717) is 17.7 Å². The zero-order valence-electron chi connectivity index (χ0n) is 12.2. The zero-order valence-corrected chi connectivity index (χ0v) is 13.8. The van der Waals surface area contributed by atoms with Crippen molar-refractivity contribution in [1.29, 1.82) is 0 Å². The average Bonchev–Trinajstić information content (AvgIpc) is 2.38. The van der Waals surface area contributed by atoms with Crippen molar-refractivity contribution in [2.75, 3.05) is 26.2 Å². The summed E-state index contributed by atoms with van der Waals surface area (Å²) in [6, 6.07) is 8.19. The molecule has 1 saturated heterocycles. The predicted octanol–water partition coefficient (Wildman–Crippen LogP) is 3.23. The average molecular weight is 321 g/mol. The summed E-state index contributed by atoms with van der Waals surface area (Å²) in [6.45, 7) is 8.92. The molecule has 2 N–H and O–H groups in total. The highest BCUT2D eigenvalue weighted by Crippen LogP contribution is 2.29. The fourth-order valence-electron chi connectivity index (χ4n) is 2.63. The smallest absolute Gasteiger partial charge is 0.115 e. The molecular formula is C15H26Cl2N2O. The molecule has 0 unspecified atom stereocenters. The van der Waals surface area contributed by atoms with E-state index in [4.69, 9.17) is 0 Å². The standard InChI is InChI=1S/C15H24N2O.2ClH/c1-12(2)11-15(17-9-7-16-8-10-17)13-3-5-14(18)6-4-13;;/h3-6,12,15-16,18H,7-11H2,1-2H3;2*1H/t15-;;/m0../s1. The van der Waals surface area contributed by atoms with Crippen molar-refractivity contribution in [3.63, 3.8) is 0 Å². The maximum atomic E-state index is 9.41. The van der Waals surface area contributed by atoms with Crippen molar-refractivity contribution in [1.82, 2.24) is 10.2 Å². The van der Waals surface area contributed by atoms with Crippen LogP contribution in [-0.2, 0) is 0 Å². The number of piperazine rings is 1. The molecule has 1 atom stereocenters. The molecule has 1 fully saturated rings. The Hall–Kier alpha value is -0.480. The van der Waals surface area contributed by atoms with Crippen LogP contribution in [0.2, 0.25) is 0 Å². The van der Waals surface area contributed by atoms with Gasteiger partial charge in [-0.2, -0.15) is 0 Å². The molecule has 0 aliphatic carbocycles. The first kappa shape index (κ1) is 19.5. The number of phenols is 1. The lowest BCUT2D eigenvalue weighted by Crippen LogP contribution is -2.45. The van der Waals surface area contributed by atoms with Crippen LogP contribution in [0.25, 0.3) is 0 Å². The van der Waals surface area contributed by atoms with Crippen molar-refractivity contribution in [3.05, 3.63) is 29.8 Å². The number of aromatic hydroxyl groups is 1. The van der Waals surface area contributed by atoms with Crippen molar-refractivity contribution >= 4 is 24.8 Å². The van der Waals surface area contributed by atoms with Crippen LogP contribution in [0.4, 0.5) is 0 Å². The summed E-state index contributed by atoms with van der Waals surface area (Å²) < 4.78 is 0. The van der Waals surface area contributed by atoms with Gasteiger partial charge in [0.1, 0.15) is 5.75 Å². The van der Waals surface area contributed by atoms with Gasteiger partial charge in [0.2, 0.25) is 0 Å². The second-order valence-electron chi connectivity index (χ2n) is 5.52. The molecule has 0 amide bonds. The summed E-state index contributed by atoms with van der Waals surface area (Å²) in [7, 11) is 0. The van der Waals surface area contributed by atoms with E-state index in [1.54, 1.807) is 12.1 Å². The summed E-state index contributed by atoms with van der Waals surface area (Å²) in [5.74, 6) is 1.03. The van der Waals surface area contributed by atoms with Crippen molar-refractivity contribution in [2.24, 2.45) is 5.92 Å². The molecule has 0 radical (unpaired) electrons. The number of nitrogens with one attached hydrogen (secondary N) is 1. The first-order valence-electron chi connectivity index (χ1n) is 6.90. The SMILES string of the molecule is CC(C)C[C@@H](c1ccc(O)cc1)N1CCNCC1.Cl.Cl. The quantitative estimate of drug-likeness (QED) is 0.894. The minimum atomic E-state index is 0. The molecule has 1 heterocycles. The van der Waals surface area contributed by atoms with Gasteiger partial charge < -0.3 is 10.4 Å². The zero-order chi connectivity index (χ0) is 13.0. The van der Waals surface area contributed by atoms with Gasteiger partial charge >= 0.3 is 0 Å². The number of rotatable bonds is 4.